The van der Waals surface area contributed by atoms with E-state index in [9.17, 15) is 9.59 Å². The third kappa shape index (κ3) is 3.95. The number of nitrogens with zero attached hydrogens (tertiary/aromatic N) is 2. The maximum absolute atomic E-state index is 12.2. The van der Waals surface area contributed by atoms with Crippen LogP contribution < -0.4 is 5.73 Å². The summed E-state index contributed by atoms with van der Waals surface area (Å²) in [4.78, 5) is 27.5. The van der Waals surface area contributed by atoms with E-state index in [2.05, 4.69) is 0 Å². The van der Waals surface area contributed by atoms with Crippen molar-refractivity contribution >= 4 is 23.4 Å². The largest absolute Gasteiger partial charge is 0.335 e. The molecular formula is C15H20ClN3O2. The van der Waals surface area contributed by atoms with Gasteiger partial charge in [-0.05, 0) is 31.5 Å². The van der Waals surface area contributed by atoms with Crippen molar-refractivity contribution in [3.8, 4) is 0 Å². The molecular weight excluding hydrogens is 290 g/mol. The Labute approximate surface area is 129 Å². The first-order valence-electron chi connectivity index (χ1n) is 6.88. The number of piperazine rings is 1. The normalized spacial score (nSPS) is 16.3. The summed E-state index contributed by atoms with van der Waals surface area (Å²) in [5, 5.41) is 0.672. The first kappa shape index (κ1) is 15.8. The second-order valence-corrected chi connectivity index (χ2v) is 6.33. The van der Waals surface area contributed by atoms with E-state index >= 15 is 0 Å². The number of benzene rings is 1. The van der Waals surface area contributed by atoms with Gasteiger partial charge in [0.05, 0.1) is 12.1 Å². The molecule has 2 amide bonds. The van der Waals surface area contributed by atoms with Crippen molar-refractivity contribution in [1.29, 1.82) is 0 Å². The van der Waals surface area contributed by atoms with Crippen LogP contribution in [-0.4, -0.2) is 46.8 Å². The topological polar surface area (TPSA) is 66.6 Å². The average Bonchev–Trinajstić information content (AvgIpc) is 2.41. The molecule has 5 nitrogen and oxygen atoms in total. The second-order valence-electron chi connectivity index (χ2n) is 5.89. The lowest BCUT2D eigenvalue weighted by Crippen LogP contribution is -2.58. The van der Waals surface area contributed by atoms with Crippen LogP contribution in [0.3, 0.4) is 0 Å². The summed E-state index contributed by atoms with van der Waals surface area (Å²) >= 11 is 5.84. The lowest BCUT2D eigenvalue weighted by molar-refractivity contribution is -0.148. The third-order valence-electron chi connectivity index (χ3n) is 3.44. The first-order chi connectivity index (χ1) is 9.77. The molecule has 1 heterocycles. The van der Waals surface area contributed by atoms with Gasteiger partial charge in [0, 0.05) is 24.7 Å². The van der Waals surface area contributed by atoms with Crippen molar-refractivity contribution in [2.75, 3.05) is 19.6 Å². The number of halogens is 1. The van der Waals surface area contributed by atoms with Gasteiger partial charge >= 0.3 is 0 Å². The van der Waals surface area contributed by atoms with Gasteiger partial charge in [-0.15, -0.1) is 0 Å². The summed E-state index contributed by atoms with van der Waals surface area (Å²) in [6.07, 6.45) is 0. The smallest absolute Gasteiger partial charge is 0.242 e. The summed E-state index contributed by atoms with van der Waals surface area (Å²) in [5.41, 5.74) is 5.87. The van der Waals surface area contributed by atoms with E-state index < -0.39 is 5.54 Å². The second kappa shape index (κ2) is 6.03. The van der Waals surface area contributed by atoms with Crippen molar-refractivity contribution in [3.63, 3.8) is 0 Å². The highest BCUT2D eigenvalue weighted by molar-refractivity contribution is 6.30. The van der Waals surface area contributed by atoms with Crippen molar-refractivity contribution in [3.05, 3.63) is 34.9 Å². The molecule has 2 rings (SSSR count). The first-order valence-corrected chi connectivity index (χ1v) is 7.25. The predicted molar refractivity (Wildman–Crippen MR) is 81.7 cm³/mol. The van der Waals surface area contributed by atoms with Gasteiger partial charge in [-0.2, -0.15) is 0 Å². The summed E-state index contributed by atoms with van der Waals surface area (Å²) < 4.78 is 0. The molecule has 1 fully saturated rings. The van der Waals surface area contributed by atoms with Gasteiger partial charge < -0.3 is 15.5 Å². The quantitative estimate of drug-likeness (QED) is 0.914. The number of hydrogen-bond acceptors (Lipinski definition) is 3. The van der Waals surface area contributed by atoms with E-state index in [1.54, 1.807) is 30.9 Å². The molecule has 114 valence electrons. The van der Waals surface area contributed by atoms with E-state index in [0.717, 1.165) is 5.56 Å². The molecule has 1 aromatic carbocycles. The van der Waals surface area contributed by atoms with Crippen LogP contribution >= 0.6 is 11.6 Å². The summed E-state index contributed by atoms with van der Waals surface area (Å²) in [6.45, 7) is 4.96. The SMILES string of the molecule is CC(C)(N)C(=O)N1CCN(Cc2ccc(Cl)cc2)C(=O)C1. The Morgan fingerprint density at radius 3 is 2.43 bits per heavy atom. The number of rotatable bonds is 3. The van der Waals surface area contributed by atoms with Crippen molar-refractivity contribution in [2.45, 2.75) is 25.9 Å². The Morgan fingerprint density at radius 2 is 1.90 bits per heavy atom. The van der Waals surface area contributed by atoms with Crippen LogP contribution in [0.1, 0.15) is 19.4 Å². The summed E-state index contributed by atoms with van der Waals surface area (Å²) in [5.74, 6) is -0.254. The van der Waals surface area contributed by atoms with Gasteiger partial charge in [0.2, 0.25) is 11.8 Å². The maximum atomic E-state index is 12.2. The molecule has 1 aliphatic heterocycles. The molecule has 0 aromatic heterocycles. The fourth-order valence-electron chi connectivity index (χ4n) is 2.27. The third-order valence-corrected chi connectivity index (χ3v) is 3.70. The Bertz CT molecular complexity index is 537. The van der Waals surface area contributed by atoms with E-state index in [4.69, 9.17) is 17.3 Å². The zero-order valence-corrected chi connectivity index (χ0v) is 13.1. The highest BCUT2D eigenvalue weighted by Crippen LogP contribution is 2.15. The van der Waals surface area contributed by atoms with E-state index in [1.807, 2.05) is 12.1 Å². The molecule has 1 aliphatic rings. The van der Waals surface area contributed by atoms with Crippen LogP contribution in [0.25, 0.3) is 0 Å². The van der Waals surface area contributed by atoms with Crippen LogP contribution in [0.4, 0.5) is 0 Å². The minimum atomic E-state index is -0.946. The maximum Gasteiger partial charge on any atom is 0.242 e. The van der Waals surface area contributed by atoms with Crippen LogP contribution in [0.15, 0.2) is 24.3 Å². The highest BCUT2D eigenvalue weighted by atomic mass is 35.5. The van der Waals surface area contributed by atoms with Gasteiger partial charge in [0.25, 0.3) is 0 Å². The monoisotopic (exact) mass is 309 g/mol. The van der Waals surface area contributed by atoms with Crippen molar-refractivity contribution < 1.29 is 9.59 Å². The molecule has 0 radical (unpaired) electrons. The molecule has 6 heteroatoms. The average molecular weight is 310 g/mol. The summed E-state index contributed by atoms with van der Waals surface area (Å²) in [6, 6.07) is 7.41. The molecule has 0 bridgehead atoms. The molecule has 1 saturated heterocycles. The van der Waals surface area contributed by atoms with Crippen molar-refractivity contribution in [1.82, 2.24) is 9.80 Å². The lowest BCUT2D eigenvalue weighted by atomic mass is 10.0. The minimum Gasteiger partial charge on any atom is -0.335 e. The van der Waals surface area contributed by atoms with Crippen LogP contribution in [0.5, 0.6) is 0 Å². The Hall–Kier alpha value is -1.59. The van der Waals surface area contributed by atoms with Gasteiger partial charge in [-0.25, -0.2) is 0 Å². The molecule has 0 spiro atoms. The molecule has 0 atom stereocenters. The van der Waals surface area contributed by atoms with E-state index in [-0.39, 0.29) is 18.4 Å². The van der Waals surface area contributed by atoms with Gasteiger partial charge in [-0.3, -0.25) is 9.59 Å². The minimum absolute atomic E-state index is 0.0613. The number of hydrogen-bond donors (Lipinski definition) is 1. The van der Waals surface area contributed by atoms with Gasteiger partial charge in [-0.1, -0.05) is 23.7 Å². The molecule has 0 unspecified atom stereocenters. The standard InChI is InChI=1S/C15H20ClN3O2/c1-15(2,17)14(21)19-8-7-18(13(20)10-19)9-11-3-5-12(16)6-4-11/h3-6H,7-10,17H2,1-2H3. The zero-order valence-electron chi connectivity index (χ0n) is 12.3. The van der Waals surface area contributed by atoms with Gasteiger partial charge in [0.1, 0.15) is 0 Å². The number of nitrogens with two attached hydrogens (primary N) is 1. The van der Waals surface area contributed by atoms with E-state index in [1.165, 1.54) is 4.90 Å². The van der Waals surface area contributed by atoms with Crippen LogP contribution in [-0.2, 0) is 16.1 Å². The number of carbonyl (C=O) groups is 2. The number of carbonyl (C=O) groups excluding carboxylic acids is 2. The zero-order chi connectivity index (χ0) is 15.6. The lowest BCUT2D eigenvalue weighted by Gasteiger charge is -2.37. The Kier molecular flexibility index (Phi) is 4.54. The fourth-order valence-corrected chi connectivity index (χ4v) is 2.39. The Morgan fingerprint density at radius 1 is 1.29 bits per heavy atom. The molecule has 0 aliphatic carbocycles. The highest BCUT2D eigenvalue weighted by Gasteiger charge is 2.33. The Balaban J connectivity index is 1.97. The molecule has 0 saturated carbocycles. The molecule has 1 aromatic rings. The van der Waals surface area contributed by atoms with Crippen molar-refractivity contribution in [2.24, 2.45) is 5.73 Å². The van der Waals surface area contributed by atoms with Gasteiger partial charge in [0.15, 0.2) is 0 Å². The number of amides is 2. The fraction of sp³-hybridized carbons (Fsp3) is 0.467. The van der Waals surface area contributed by atoms with Crippen LogP contribution in [0, 0.1) is 0 Å². The molecule has 2 N–H and O–H groups in total. The summed E-state index contributed by atoms with van der Waals surface area (Å²) in [7, 11) is 0. The van der Waals surface area contributed by atoms with E-state index in [0.29, 0.717) is 24.7 Å². The predicted octanol–water partition coefficient (Wildman–Crippen LogP) is 1.25. The van der Waals surface area contributed by atoms with Crippen LogP contribution in [0.2, 0.25) is 5.02 Å². The molecule has 21 heavy (non-hydrogen) atoms.